The lowest BCUT2D eigenvalue weighted by molar-refractivity contribution is -0.117. The van der Waals surface area contributed by atoms with E-state index in [1.165, 1.54) is 11.8 Å². The van der Waals surface area contributed by atoms with Crippen molar-refractivity contribution in [2.75, 3.05) is 28.6 Å². The molecule has 0 spiro atoms. The summed E-state index contributed by atoms with van der Waals surface area (Å²) in [6.45, 7) is 3.53. The van der Waals surface area contributed by atoms with E-state index in [1.807, 2.05) is 37.3 Å². The van der Waals surface area contributed by atoms with Gasteiger partial charge < -0.3 is 20.6 Å². The molecule has 5 rings (SSSR count). The monoisotopic (exact) mass is 467 g/mol. The maximum absolute atomic E-state index is 12.0. The van der Waals surface area contributed by atoms with Crippen LogP contribution in [0.3, 0.4) is 0 Å². The molecule has 3 heterocycles. The Balaban J connectivity index is 1.32. The van der Waals surface area contributed by atoms with Gasteiger partial charge in [0.25, 0.3) is 0 Å². The van der Waals surface area contributed by atoms with Crippen molar-refractivity contribution < 1.29 is 9.90 Å². The molecule has 1 aromatic carbocycles. The van der Waals surface area contributed by atoms with Crippen LogP contribution in [0, 0.1) is 5.92 Å². The zero-order valence-corrected chi connectivity index (χ0v) is 19.4. The molecule has 1 saturated heterocycles. The summed E-state index contributed by atoms with van der Waals surface area (Å²) in [7, 11) is 0. The van der Waals surface area contributed by atoms with E-state index < -0.39 is 0 Å². The number of rotatable bonds is 7. The number of aliphatic hydroxyl groups excluding tert-OH is 1. The van der Waals surface area contributed by atoms with Gasteiger partial charge in [0.15, 0.2) is 5.16 Å². The van der Waals surface area contributed by atoms with E-state index in [9.17, 15) is 9.90 Å². The Morgan fingerprint density at radius 2 is 1.91 bits per heavy atom. The predicted molar refractivity (Wildman–Crippen MR) is 130 cm³/mol. The van der Waals surface area contributed by atoms with E-state index in [4.69, 9.17) is 9.97 Å². The van der Waals surface area contributed by atoms with Gasteiger partial charge in [-0.25, -0.2) is 9.97 Å². The number of nitrogens with zero attached hydrogens (tertiary/aromatic N) is 4. The SMILES string of the molecule is CC1=NNC(Nc2cc(N3CCC(O)CC3)nc(Sc3ccc(NC(=O)C4CC4)cc3)n2)C1. The van der Waals surface area contributed by atoms with E-state index in [1.54, 1.807) is 0 Å². The maximum Gasteiger partial charge on any atom is 0.227 e. The normalized spacial score (nSPS) is 20.8. The molecule has 1 atom stereocenters. The molecule has 10 heteroatoms. The van der Waals surface area contributed by atoms with Crippen LogP contribution in [-0.2, 0) is 4.79 Å². The molecule has 2 fully saturated rings. The van der Waals surface area contributed by atoms with Gasteiger partial charge in [0.1, 0.15) is 17.8 Å². The standard InChI is InChI=1S/C23H29N7O2S/c1-14-12-20(29-28-14)25-19-13-21(30-10-8-17(31)9-11-30)27-23(26-19)33-18-6-4-16(5-7-18)24-22(32)15-2-3-15/h4-7,13,15,17,20,29,31H,2-3,8-12H2,1H3,(H,24,32)(H,25,26,27). The highest BCUT2D eigenvalue weighted by atomic mass is 32.2. The molecule has 0 radical (unpaired) electrons. The number of nitrogens with one attached hydrogen (secondary N) is 3. The van der Waals surface area contributed by atoms with E-state index in [0.717, 1.165) is 73.1 Å². The summed E-state index contributed by atoms with van der Waals surface area (Å²) < 4.78 is 0. The van der Waals surface area contributed by atoms with Crippen molar-refractivity contribution in [1.82, 2.24) is 15.4 Å². The molecule has 33 heavy (non-hydrogen) atoms. The third-order valence-electron chi connectivity index (χ3n) is 5.99. The average Bonchev–Trinajstić information content (AvgIpc) is 3.58. The average molecular weight is 468 g/mol. The summed E-state index contributed by atoms with van der Waals surface area (Å²) in [5.41, 5.74) is 4.95. The van der Waals surface area contributed by atoms with Gasteiger partial charge in [-0.3, -0.25) is 10.2 Å². The van der Waals surface area contributed by atoms with Gasteiger partial charge in [-0.05, 0) is 68.6 Å². The van der Waals surface area contributed by atoms with Crippen LogP contribution in [0.1, 0.15) is 39.0 Å². The first kappa shape index (κ1) is 22.0. The van der Waals surface area contributed by atoms with E-state index >= 15 is 0 Å². The highest BCUT2D eigenvalue weighted by Crippen LogP contribution is 2.32. The molecule has 3 aliphatic rings. The van der Waals surface area contributed by atoms with Crippen LogP contribution in [0.4, 0.5) is 17.3 Å². The quantitative estimate of drug-likeness (QED) is 0.460. The van der Waals surface area contributed by atoms with Crippen LogP contribution in [0.2, 0.25) is 0 Å². The minimum Gasteiger partial charge on any atom is -0.393 e. The lowest BCUT2D eigenvalue weighted by atomic mass is 10.1. The Kier molecular flexibility index (Phi) is 6.37. The minimum atomic E-state index is -0.240. The van der Waals surface area contributed by atoms with Crippen LogP contribution in [0.15, 0.2) is 45.5 Å². The Morgan fingerprint density at radius 3 is 2.58 bits per heavy atom. The number of aromatic nitrogens is 2. The first-order valence-electron chi connectivity index (χ1n) is 11.5. The van der Waals surface area contributed by atoms with Gasteiger partial charge in [-0.2, -0.15) is 5.10 Å². The zero-order valence-electron chi connectivity index (χ0n) is 18.6. The van der Waals surface area contributed by atoms with Crippen LogP contribution in [0.25, 0.3) is 0 Å². The number of aliphatic hydroxyl groups is 1. The molecule has 1 aliphatic carbocycles. The molecule has 2 aliphatic heterocycles. The summed E-state index contributed by atoms with van der Waals surface area (Å²) in [5, 5.41) is 21.2. The fourth-order valence-corrected chi connectivity index (χ4v) is 4.69. The number of carbonyl (C=O) groups is 1. The van der Waals surface area contributed by atoms with Gasteiger partial charge in [0, 0.05) is 47.8 Å². The topological polar surface area (TPSA) is 115 Å². The fraction of sp³-hybridized carbons (Fsp3) is 0.478. The first-order valence-corrected chi connectivity index (χ1v) is 12.3. The third kappa shape index (κ3) is 5.75. The third-order valence-corrected chi connectivity index (χ3v) is 6.87. The van der Waals surface area contributed by atoms with Crippen LogP contribution in [0.5, 0.6) is 0 Å². The zero-order chi connectivity index (χ0) is 22.8. The highest BCUT2D eigenvalue weighted by Gasteiger charge is 2.29. The van der Waals surface area contributed by atoms with E-state index in [-0.39, 0.29) is 24.1 Å². The number of hydrazone groups is 1. The molecule has 0 bridgehead atoms. The van der Waals surface area contributed by atoms with Crippen LogP contribution < -0.4 is 21.0 Å². The summed E-state index contributed by atoms with van der Waals surface area (Å²) in [4.78, 5) is 24.7. The number of hydrogen-bond donors (Lipinski definition) is 4. The van der Waals surface area contributed by atoms with Crippen molar-refractivity contribution in [2.24, 2.45) is 11.0 Å². The molecule has 174 valence electrons. The van der Waals surface area contributed by atoms with Crippen molar-refractivity contribution in [2.45, 2.75) is 61.3 Å². The second-order valence-corrected chi connectivity index (χ2v) is 9.92. The number of benzene rings is 1. The summed E-state index contributed by atoms with van der Waals surface area (Å²) >= 11 is 1.49. The summed E-state index contributed by atoms with van der Waals surface area (Å²) in [6.07, 6.45) is 4.02. The van der Waals surface area contributed by atoms with Crippen molar-refractivity contribution in [1.29, 1.82) is 0 Å². The molecule has 1 saturated carbocycles. The lowest BCUT2D eigenvalue weighted by Gasteiger charge is -2.31. The Bertz CT molecular complexity index is 1030. The fourth-order valence-electron chi connectivity index (χ4n) is 3.93. The summed E-state index contributed by atoms with van der Waals surface area (Å²) in [5.74, 6) is 1.88. The number of anilines is 3. The molecule has 2 aromatic rings. The number of carbonyl (C=O) groups excluding carboxylic acids is 1. The lowest BCUT2D eigenvalue weighted by Crippen LogP contribution is -2.36. The van der Waals surface area contributed by atoms with Crippen molar-refractivity contribution in [3.63, 3.8) is 0 Å². The van der Waals surface area contributed by atoms with Gasteiger partial charge >= 0.3 is 0 Å². The second kappa shape index (κ2) is 9.56. The Morgan fingerprint density at radius 1 is 1.15 bits per heavy atom. The molecular formula is C23H29N7O2S. The Hall–Kier alpha value is -2.85. The van der Waals surface area contributed by atoms with E-state index in [0.29, 0.717) is 5.16 Å². The van der Waals surface area contributed by atoms with Gasteiger partial charge in [0.2, 0.25) is 5.91 Å². The van der Waals surface area contributed by atoms with Gasteiger partial charge in [-0.15, -0.1) is 0 Å². The van der Waals surface area contributed by atoms with Crippen molar-refractivity contribution in [3.8, 4) is 0 Å². The molecule has 1 aromatic heterocycles. The van der Waals surface area contributed by atoms with E-state index in [2.05, 4.69) is 26.1 Å². The van der Waals surface area contributed by atoms with Gasteiger partial charge in [0.05, 0.1) is 6.10 Å². The molecule has 1 amide bonds. The van der Waals surface area contributed by atoms with Crippen molar-refractivity contribution in [3.05, 3.63) is 30.3 Å². The number of piperidine rings is 1. The highest BCUT2D eigenvalue weighted by molar-refractivity contribution is 7.99. The maximum atomic E-state index is 12.0. The number of hydrogen-bond acceptors (Lipinski definition) is 9. The largest absolute Gasteiger partial charge is 0.393 e. The van der Waals surface area contributed by atoms with Crippen LogP contribution in [-0.4, -0.2) is 52.1 Å². The smallest absolute Gasteiger partial charge is 0.227 e. The molecule has 9 nitrogen and oxygen atoms in total. The Labute approximate surface area is 197 Å². The minimum absolute atomic E-state index is 0.00291. The molecular weight excluding hydrogens is 438 g/mol. The summed E-state index contributed by atoms with van der Waals surface area (Å²) in [6, 6.07) is 9.75. The predicted octanol–water partition coefficient (Wildman–Crippen LogP) is 3.04. The molecule has 1 unspecified atom stereocenters. The van der Waals surface area contributed by atoms with Gasteiger partial charge in [-0.1, -0.05) is 0 Å². The molecule has 4 N–H and O–H groups in total. The number of amides is 1. The van der Waals surface area contributed by atoms with Crippen molar-refractivity contribution >= 4 is 40.7 Å². The second-order valence-electron chi connectivity index (χ2n) is 8.88. The first-order chi connectivity index (χ1) is 16.0. The van der Waals surface area contributed by atoms with Crippen LogP contribution >= 0.6 is 11.8 Å².